The van der Waals surface area contributed by atoms with Crippen LogP contribution in [0, 0.1) is 0 Å². The van der Waals surface area contributed by atoms with Crippen molar-refractivity contribution in [1.29, 1.82) is 0 Å². The number of aromatic nitrogens is 1. The predicted octanol–water partition coefficient (Wildman–Crippen LogP) is 5.57. The van der Waals surface area contributed by atoms with Crippen LogP contribution >= 0.6 is 11.3 Å². The van der Waals surface area contributed by atoms with E-state index in [1.165, 1.54) is 0 Å². The number of hydrogen-bond acceptors (Lipinski definition) is 5. The molecule has 0 aliphatic carbocycles. The van der Waals surface area contributed by atoms with E-state index in [1.54, 1.807) is 11.3 Å². The number of amides is 1. The Kier molecular flexibility index (Phi) is 7.83. The van der Waals surface area contributed by atoms with Crippen molar-refractivity contribution >= 4 is 32.6 Å². The van der Waals surface area contributed by atoms with Crippen LogP contribution in [0.5, 0.6) is 0 Å². The fourth-order valence-corrected chi connectivity index (χ4v) is 5.67. The normalized spacial score (nSPS) is 14.4. The summed E-state index contributed by atoms with van der Waals surface area (Å²) in [6.45, 7) is 5.11. The topological polar surface area (TPSA) is 45.7 Å². The van der Waals surface area contributed by atoms with E-state index in [0.29, 0.717) is 13.0 Å². The smallest absolute Gasteiger partial charge is 0.229 e. The number of hydrogen-bond donors (Lipinski definition) is 0. The van der Waals surface area contributed by atoms with Crippen LogP contribution in [0.25, 0.3) is 10.2 Å². The molecule has 6 heteroatoms. The van der Waals surface area contributed by atoms with Crippen LogP contribution in [0.1, 0.15) is 29.9 Å². The Labute approximate surface area is 211 Å². The highest BCUT2D eigenvalue weighted by Crippen LogP contribution is 2.33. The quantitative estimate of drug-likeness (QED) is 0.311. The van der Waals surface area contributed by atoms with Gasteiger partial charge in [0.2, 0.25) is 5.91 Å². The zero-order valence-electron chi connectivity index (χ0n) is 19.9. The number of rotatable bonds is 9. The first-order chi connectivity index (χ1) is 17.3. The number of fused-ring (bicyclic) bond motifs is 1. The van der Waals surface area contributed by atoms with Gasteiger partial charge in [-0.2, -0.15) is 0 Å². The number of thiazole rings is 1. The van der Waals surface area contributed by atoms with Crippen molar-refractivity contribution in [3.8, 4) is 0 Å². The van der Waals surface area contributed by atoms with Crippen LogP contribution in [0.4, 0.5) is 5.13 Å². The number of ether oxygens (including phenoxy) is 1. The van der Waals surface area contributed by atoms with Crippen LogP contribution in [0.3, 0.4) is 0 Å². The van der Waals surface area contributed by atoms with E-state index in [0.717, 1.165) is 65.7 Å². The molecular formula is C29H31N3O2S. The second-order valence-electron chi connectivity index (χ2n) is 8.90. The van der Waals surface area contributed by atoms with Gasteiger partial charge in [-0.15, -0.1) is 0 Å². The monoisotopic (exact) mass is 485 g/mol. The highest BCUT2D eigenvalue weighted by molar-refractivity contribution is 7.22. The number of anilines is 1. The number of carbonyl (C=O) groups is 1. The van der Waals surface area contributed by atoms with Gasteiger partial charge in [0.15, 0.2) is 5.13 Å². The zero-order chi connectivity index (χ0) is 23.9. The summed E-state index contributed by atoms with van der Waals surface area (Å²) in [5.74, 6) is 0.116. The number of para-hydroxylation sites is 1. The summed E-state index contributed by atoms with van der Waals surface area (Å²) in [6, 6.07) is 28.8. The predicted molar refractivity (Wildman–Crippen MR) is 143 cm³/mol. The molecule has 0 radical (unpaired) electrons. The molecule has 0 atom stereocenters. The van der Waals surface area contributed by atoms with Crippen molar-refractivity contribution in [1.82, 2.24) is 9.88 Å². The minimum atomic E-state index is 0.000946. The maximum atomic E-state index is 13.9. The maximum absolute atomic E-state index is 13.9. The fourth-order valence-electron chi connectivity index (χ4n) is 4.66. The molecule has 1 fully saturated rings. The summed E-state index contributed by atoms with van der Waals surface area (Å²) in [5.41, 5.74) is 3.26. The number of morpholine rings is 1. The summed E-state index contributed by atoms with van der Waals surface area (Å²) in [5, 5.41) is 0.790. The van der Waals surface area contributed by atoms with Crippen molar-refractivity contribution in [2.24, 2.45) is 0 Å². The lowest BCUT2D eigenvalue weighted by Crippen LogP contribution is -2.39. The average Bonchev–Trinajstić information content (AvgIpc) is 3.35. The molecule has 1 aromatic heterocycles. The van der Waals surface area contributed by atoms with Crippen LogP contribution in [-0.2, 0) is 9.53 Å². The van der Waals surface area contributed by atoms with Gasteiger partial charge in [-0.1, -0.05) is 84.1 Å². The Balaban J connectivity index is 1.39. The van der Waals surface area contributed by atoms with Gasteiger partial charge in [-0.3, -0.25) is 14.6 Å². The zero-order valence-corrected chi connectivity index (χ0v) is 20.7. The van der Waals surface area contributed by atoms with Gasteiger partial charge >= 0.3 is 0 Å². The SMILES string of the molecule is O=C(CC(c1ccccc1)c1ccccc1)N(CCCN1CCOCC1)c1nc2ccccc2s1. The third-order valence-corrected chi connectivity index (χ3v) is 7.62. The molecule has 1 aliphatic heterocycles. The van der Waals surface area contributed by atoms with Crippen LogP contribution < -0.4 is 4.90 Å². The Morgan fingerprint density at radius 3 is 2.20 bits per heavy atom. The van der Waals surface area contributed by atoms with Gasteiger partial charge in [-0.25, -0.2) is 4.98 Å². The number of benzene rings is 3. The molecule has 0 N–H and O–H groups in total. The molecule has 4 aromatic rings. The summed E-state index contributed by atoms with van der Waals surface area (Å²) in [7, 11) is 0. The van der Waals surface area contributed by atoms with Crippen LogP contribution in [0.15, 0.2) is 84.9 Å². The fraction of sp³-hybridized carbons (Fsp3) is 0.310. The lowest BCUT2D eigenvalue weighted by Gasteiger charge is -2.28. The van der Waals surface area contributed by atoms with E-state index >= 15 is 0 Å². The first-order valence-corrected chi connectivity index (χ1v) is 13.2. The molecule has 2 heterocycles. The molecule has 0 unspecified atom stereocenters. The van der Waals surface area contributed by atoms with Gasteiger partial charge in [0.25, 0.3) is 0 Å². The van der Waals surface area contributed by atoms with E-state index < -0.39 is 0 Å². The first-order valence-electron chi connectivity index (χ1n) is 12.3. The van der Waals surface area contributed by atoms with E-state index in [-0.39, 0.29) is 11.8 Å². The van der Waals surface area contributed by atoms with Crippen molar-refractivity contribution < 1.29 is 9.53 Å². The third-order valence-electron chi connectivity index (χ3n) is 6.56. The van der Waals surface area contributed by atoms with Crippen LogP contribution in [0.2, 0.25) is 0 Å². The van der Waals surface area contributed by atoms with E-state index in [4.69, 9.17) is 9.72 Å². The minimum Gasteiger partial charge on any atom is -0.379 e. The van der Waals surface area contributed by atoms with E-state index in [2.05, 4.69) is 35.2 Å². The summed E-state index contributed by atoms with van der Waals surface area (Å²) < 4.78 is 6.59. The highest BCUT2D eigenvalue weighted by atomic mass is 32.1. The molecule has 0 spiro atoms. The van der Waals surface area contributed by atoms with Gasteiger partial charge in [-0.05, 0) is 29.7 Å². The van der Waals surface area contributed by atoms with Gasteiger partial charge in [0.1, 0.15) is 0 Å². The van der Waals surface area contributed by atoms with E-state index in [1.807, 2.05) is 59.5 Å². The molecule has 1 saturated heterocycles. The van der Waals surface area contributed by atoms with Gasteiger partial charge < -0.3 is 4.74 Å². The summed E-state index contributed by atoms with van der Waals surface area (Å²) in [6.07, 6.45) is 1.31. The second-order valence-corrected chi connectivity index (χ2v) is 9.90. The Bertz CT molecular complexity index is 1150. The van der Waals surface area contributed by atoms with Crippen molar-refractivity contribution in [2.75, 3.05) is 44.3 Å². The summed E-state index contributed by atoms with van der Waals surface area (Å²) in [4.78, 5) is 23.1. The lowest BCUT2D eigenvalue weighted by atomic mass is 9.88. The van der Waals surface area contributed by atoms with E-state index in [9.17, 15) is 4.79 Å². The molecule has 5 rings (SSSR count). The molecule has 35 heavy (non-hydrogen) atoms. The Hall–Kier alpha value is -3.06. The number of carbonyl (C=O) groups excluding carboxylic acids is 1. The van der Waals surface area contributed by atoms with Crippen molar-refractivity contribution in [3.05, 3.63) is 96.1 Å². The number of nitrogens with zero attached hydrogens (tertiary/aromatic N) is 3. The largest absolute Gasteiger partial charge is 0.379 e. The highest BCUT2D eigenvalue weighted by Gasteiger charge is 2.25. The molecule has 0 saturated carbocycles. The van der Waals surface area contributed by atoms with Crippen LogP contribution in [-0.4, -0.2) is 55.2 Å². The Morgan fingerprint density at radius 1 is 0.914 bits per heavy atom. The van der Waals surface area contributed by atoms with Gasteiger partial charge in [0.05, 0.1) is 23.4 Å². The minimum absolute atomic E-state index is 0.000946. The van der Waals surface area contributed by atoms with Crippen molar-refractivity contribution in [3.63, 3.8) is 0 Å². The molecule has 1 aliphatic rings. The summed E-state index contributed by atoms with van der Waals surface area (Å²) >= 11 is 1.60. The third kappa shape index (κ3) is 5.96. The average molecular weight is 486 g/mol. The molecule has 0 bridgehead atoms. The lowest BCUT2D eigenvalue weighted by molar-refractivity contribution is -0.118. The molecule has 180 valence electrons. The molecule has 3 aromatic carbocycles. The first kappa shape index (κ1) is 23.7. The maximum Gasteiger partial charge on any atom is 0.229 e. The second kappa shape index (κ2) is 11.6. The molecule has 5 nitrogen and oxygen atoms in total. The molecule has 1 amide bonds. The standard InChI is InChI=1S/C29H31N3O2S/c33-28(22-25(23-10-3-1-4-11-23)24-12-5-2-6-13-24)32(17-9-16-31-18-20-34-21-19-31)29-30-26-14-7-8-15-27(26)35-29/h1-8,10-15,25H,9,16-22H2. The Morgan fingerprint density at radius 2 is 1.54 bits per heavy atom. The van der Waals surface area contributed by atoms with Gasteiger partial charge in [0, 0.05) is 38.5 Å². The van der Waals surface area contributed by atoms with Crippen molar-refractivity contribution in [2.45, 2.75) is 18.8 Å². The molecular weight excluding hydrogens is 454 g/mol.